The summed E-state index contributed by atoms with van der Waals surface area (Å²) >= 11 is 1.20. The third-order valence-corrected chi connectivity index (χ3v) is 4.12. The number of methoxy groups -OCH3 is 1. The highest BCUT2D eigenvalue weighted by molar-refractivity contribution is 8.14. The molecule has 118 valence electrons. The van der Waals surface area contributed by atoms with Gasteiger partial charge < -0.3 is 15.0 Å². The molecule has 1 saturated heterocycles. The fraction of sp³-hybridized carbons (Fsp3) is 0.400. The van der Waals surface area contributed by atoms with Gasteiger partial charge in [-0.25, -0.2) is 0 Å². The summed E-state index contributed by atoms with van der Waals surface area (Å²) in [5, 5.41) is 2.70. The number of carbonyl (C=O) groups is 3. The molecule has 1 atom stereocenters. The molecule has 1 heterocycles. The number of amides is 2. The molecule has 1 aliphatic rings. The van der Waals surface area contributed by atoms with Gasteiger partial charge in [0.15, 0.2) is 5.12 Å². The van der Waals surface area contributed by atoms with Crippen LogP contribution in [0.4, 0.5) is 11.4 Å². The molecule has 22 heavy (non-hydrogen) atoms. The van der Waals surface area contributed by atoms with Gasteiger partial charge in [-0.05, 0) is 18.2 Å². The van der Waals surface area contributed by atoms with Gasteiger partial charge in [0, 0.05) is 43.6 Å². The maximum Gasteiger partial charge on any atom is 0.250 e. The summed E-state index contributed by atoms with van der Waals surface area (Å²) in [4.78, 5) is 36.4. The first-order valence-electron chi connectivity index (χ1n) is 6.86. The quantitative estimate of drug-likeness (QED) is 0.892. The number of rotatable bonds is 5. The van der Waals surface area contributed by atoms with Crippen molar-refractivity contribution in [2.24, 2.45) is 0 Å². The van der Waals surface area contributed by atoms with Gasteiger partial charge in [0.2, 0.25) is 11.8 Å². The molecule has 7 heteroatoms. The second kappa shape index (κ2) is 7.42. The van der Waals surface area contributed by atoms with Crippen LogP contribution in [-0.4, -0.2) is 42.4 Å². The van der Waals surface area contributed by atoms with E-state index in [1.54, 1.807) is 23.1 Å². The van der Waals surface area contributed by atoms with Crippen LogP contribution in [0, 0.1) is 0 Å². The largest absolute Gasteiger partial charge is 0.375 e. The van der Waals surface area contributed by atoms with Crippen molar-refractivity contribution in [1.29, 1.82) is 0 Å². The number of carbonyl (C=O) groups excluding carboxylic acids is 3. The fourth-order valence-electron chi connectivity index (χ4n) is 2.32. The molecular weight excluding hydrogens is 304 g/mol. The minimum atomic E-state index is -0.252. The number of hydrogen-bond donors (Lipinski definition) is 1. The first-order chi connectivity index (χ1) is 10.5. The predicted molar refractivity (Wildman–Crippen MR) is 86.0 cm³/mol. The third-order valence-electron chi connectivity index (χ3n) is 3.14. The van der Waals surface area contributed by atoms with E-state index >= 15 is 0 Å². The van der Waals surface area contributed by atoms with Crippen LogP contribution in [0.1, 0.15) is 13.3 Å². The number of hydrogen-bond acceptors (Lipinski definition) is 5. The predicted octanol–water partition coefficient (Wildman–Crippen LogP) is 1.66. The van der Waals surface area contributed by atoms with E-state index in [4.69, 9.17) is 4.74 Å². The molecule has 0 spiro atoms. The summed E-state index contributed by atoms with van der Waals surface area (Å²) in [6.07, 6.45) is 0.352. The van der Waals surface area contributed by atoms with Gasteiger partial charge >= 0.3 is 0 Å². The van der Waals surface area contributed by atoms with Crippen molar-refractivity contribution in [2.75, 3.05) is 30.5 Å². The van der Waals surface area contributed by atoms with E-state index in [0.29, 0.717) is 24.3 Å². The highest BCUT2D eigenvalue weighted by Gasteiger charge is 2.31. The Hall–Kier alpha value is -1.86. The van der Waals surface area contributed by atoms with Crippen LogP contribution in [0.25, 0.3) is 0 Å². The van der Waals surface area contributed by atoms with Crippen molar-refractivity contribution >= 4 is 40.1 Å². The Kier molecular flexibility index (Phi) is 5.57. The van der Waals surface area contributed by atoms with E-state index in [1.165, 1.54) is 25.8 Å². The first kappa shape index (κ1) is 16.5. The lowest BCUT2D eigenvalue weighted by Gasteiger charge is -2.17. The van der Waals surface area contributed by atoms with Crippen LogP contribution in [0.2, 0.25) is 0 Å². The lowest BCUT2D eigenvalue weighted by Crippen LogP contribution is -2.25. The molecule has 0 saturated carbocycles. The van der Waals surface area contributed by atoms with E-state index in [-0.39, 0.29) is 28.8 Å². The van der Waals surface area contributed by atoms with Crippen molar-refractivity contribution in [3.8, 4) is 0 Å². The van der Waals surface area contributed by atoms with Crippen LogP contribution in [-0.2, 0) is 19.1 Å². The number of ether oxygens (including phenoxy) is 1. The summed E-state index contributed by atoms with van der Waals surface area (Å²) in [5.74, 6) is -0.267. The molecule has 0 aliphatic carbocycles. The zero-order chi connectivity index (χ0) is 16.1. The van der Waals surface area contributed by atoms with Gasteiger partial charge in [0.05, 0.1) is 0 Å². The van der Waals surface area contributed by atoms with Crippen molar-refractivity contribution in [3.63, 3.8) is 0 Å². The van der Waals surface area contributed by atoms with E-state index in [0.717, 1.165) is 0 Å². The Morgan fingerprint density at radius 3 is 2.91 bits per heavy atom. The highest BCUT2D eigenvalue weighted by atomic mass is 32.2. The van der Waals surface area contributed by atoms with Crippen molar-refractivity contribution in [3.05, 3.63) is 24.3 Å². The number of anilines is 2. The number of nitrogens with zero attached hydrogens (tertiary/aromatic N) is 1. The standard InChI is InChI=1S/C15H18N2O4S/c1-10(18)22-13-7-15(20)17(8-13)12-5-3-4-11(6-12)16-14(19)9-21-2/h3-6,13H,7-9H2,1-2H3,(H,16,19). The monoisotopic (exact) mass is 322 g/mol. The van der Waals surface area contributed by atoms with Gasteiger partial charge in [-0.15, -0.1) is 0 Å². The van der Waals surface area contributed by atoms with Gasteiger partial charge in [-0.2, -0.15) is 0 Å². The maximum absolute atomic E-state index is 12.1. The van der Waals surface area contributed by atoms with Crippen molar-refractivity contribution in [1.82, 2.24) is 0 Å². The Labute approximate surface area is 133 Å². The van der Waals surface area contributed by atoms with Crippen LogP contribution in [0.15, 0.2) is 24.3 Å². The minimum Gasteiger partial charge on any atom is -0.375 e. The summed E-state index contributed by atoms with van der Waals surface area (Å²) < 4.78 is 4.76. The van der Waals surface area contributed by atoms with Crippen LogP contribution in [0.3, 0.4) is 0 Å². The Morgan fingerprint density at radius 1 is 1.45 bits per heavy atom. The van der Waals surface area contributed by atoms with Crippen LogP contribution < -0.4 is 10.2 Å². The number of nitrogens with one attached hydrogen (secondary N) is 1. The second-order valence-electron chi connectivity index (χ2n) is 4.97. The summed E-state index contributed by atoms with van der Waals surface area (Å²) in [5.41, 5.74) is 1.32. The molecule has 1 aromatic carbocycles. The molecule has 6 nitrogen and oxygen atoms in total. The SMILES string of the molecule is COCC(=O)Nc1cccc(N2CC(SC(C)=O)CC2=O)c1. The molecule has 1 fully saturated rings. The zero-order valence-electron chi connectivity index (χ0n) is 12.5. The average Bonchev–Trinajstić information content (AvgIpc) is 2.79. The van der Waals surface area contributed by atoms with Crippen molar-refractivity contribution in [2.45, 2.75) is 18.6 Å². The van der Waals surface area contributed by atoms with Crippen LogP contribution >= 0.6 is 11.8 Å². The molecule has 0 radical (unpaired) electrons. The topological polar surface area (TPSA) is 75.7 Å². The van der Waals surface area contributed by atoms with E-state index in [9.17, 15) is 14.4 Å². The van der Waals surface area contributed by atoms with Gasteiger partial charge in [0.25, 0.3) is 0 Å². The maximum atomic E-state index is 12.1. The average molecular weight is 322 g/mol. The summed E-state index contributed by atoms with van der Waals surface area (Å²) in [6.45, 7) is 1.98. The van der Waals surface area contributed by atoms with E-state index in [1.807, 2.05) is 6.07 Å². The Bertz CT molecular complexity index is 591. The molecule has 1 aliphatic heterocycles. The minimum absolute atomic E-state index is 0.0141. The lowest BCUT2D eigenvalue weighted by molar-refractivity contribution is -0.119. The van der Waals surface area contributed by atoms with Gasteiger partial charge in [0.1, 0.15) is 6.61 Å². The third kappa shape index (κ3) is 4.32. The molecule has 1 unspecified atom stereocenters. The number of benzene rings is 1. The molecule has 2 rings (SSSR count). The van der Waals surface area contributed by atoms with E-state index < -0.39 is 0 Å². The smallest absolute Gasteiger partial charge is 0.250 e. The molecule has 0 bridgehead atoms. The summed E-state index contributed by atoms with van der Waals surface area (Å²) in [7, 11) is 1.45. The molecule has 2 amide bonds. The number of thioether (sulfide) groups is 1. The molecule has 1 N–H and O–H groups in total. The second-order valence-corrected chi connectivity index (χ2v) is 6.45. The fourth-order valence-corrected chi connectivity index (χ4v) is 3.24. The van der Waals surface area contributed by atoms with Crippen LogP contribution in [0.5, 0.6) is 0 Å². The van der Waals surface area contributed by atoms with E-state index in [2.05, 4.69) is 5.32 Å². The van der Waals surface area contributed by atoms with Gasteiger partial charge in [-0.1, -0.05) is 17.8 Å². The zero-order valence-corrected chi connectivity index (χ0v) is 13.3. The highest BCUT2D eigenvalue weighted by Crippen LogP contribution is 2.29. The Balaban J connectivity index is 2.07. The Morgan fingerprint density at radius 2 is 2.23 bits per heavy atom. The molecular formula is C15H18N2O4S. The summed E-state index contributed by atoms with van der Waals surface area (Å²) in [6, 6.07) is 7.08. The normalized spacial score (nSPS) is 17.6. The molecule has 0 aromatic heterocycles. The first-order valence-corrected chi connectivity index (χ1v) is 7.74. The lowest BCUT2D eigenvalue weighted by atomic mass is 10.2. The molecule has 1 aromatic rings. The van der Waals surface area contributed by atoms with Crippen molar-refractivity contribution < 1.29 is 19.1 Å². The van der Waals surface area contributed by atoms with Gasteiger partial charge in [-0.3, -0.25) is 14.4 Å².